The molecule has 1 heterocycles. The van der Waals surface area contributed by atoms with Crippen molar-refractivity contribution in [3.8, 4) is 11.1 Å². The third-order valence-electron chi connectivity index (χ3n) is 3.01. The van der Waals surface area contributed by atoms with Gasteiger partial charge < -0.3 is 4.84 Å². The number of nitrogens with one attached hydrogen (secondary N) is 1. The van der Waals surface area contributed by atoms with Crippen molar-refractivity contribution < 1.29 is 14.0 Å². The first-order valence-electron chi connectivity index (χ1n) is 5.81. The van der Waals surface area contributed by atoms with Gasteiger partial charge in [0.2, 0.25) is 0 Å². The van der Waals surface area contributed by atoms with Crippen LogP contribution < -0.4 is 5.90 Å². The molecule has 0 radical (unpaired) electrons. The van der Waals surface area contributed by atoms with Crippen molar-refractivity contribution in [3.63, 3.8) is 0 Å². The van der Waals surface area contributed by atoms with Crippen LogP contribution >= 0.6 is 22.6 Å². The average molecular weight is 398 g/mol. The fourth-order valence-corrected chi connectivity index (χ4v) is 2.51. The summed E-state index contributed by atoms with van der Waals surface area (Å²) in [6, 6.07) is 7.75. The third-order valence-corrected chi connectivity index (χ3v) is 3.68. The first kappa shape index (κ1) is 13.9. The van der Waals surface area contributed by atoms with E-state index in [-0.39, 0.29) is 11.1 Å². The summed E-state index contributed by atoms with van der Waals surface area (Å²) in [6.45, 7) is 0. The number of H-pyrrole nitrogens is 1. The number of aromatic amines is 1. The van der Waals surface area contributed by atoms with Crippen LogP contribution in [-0.4, -0.2) is 21.4 Å². The number of fused-ring (bicyclic) bond motifs is 1. The summed E-state index contributed by atoms with van der Waals surface area (Å²) in [5.74, 6) is 3.73. The summed E-state index contributed by atoms with van der Waals surface area (Å²) in [4.78, 5) is 16.1. The van der Waals surface area contributed by atoms with Crippen LogP contribution in [0.5, 0.6) is 0 Å². The minimum absolute atomic E-state index is 0.135. The lowest BCUT2D eigenvalue weighted by atomic mass is 9.98. The Kier molecular flexibility index (Phi) is 3.55. The zero-order valence-electron chi connectivity index (χ0n) is 10.4. The maximum atomic E-state index is 14.2. The monoisotopic (exact) mass is 398 g/mol. The van der Waals surface area contributed by atoms with Crippen LogP contribution in [0.3, 0.4) is 0 Å². The van der Waals surface area contributed by atoms with E-state index in [1.54, 1.807) is 18.2 Å². The number of carbonyl (C=O) groups excluding carboxylic acids is 1. The van der Waals surface area contributed by atoms with Crippen LogP contribution in [0.1, 0.15) is 10.4 Å². The molecule has 0 aliphatic heterocycles. The molecular formula is C13H8FIN4O2. The maximum Gasteiger partial charge on any atom is 0.357 e. The first-order chi connectivity index (χ1) is 10.1. The summed E-state index contributed by atoms with van der Waals surface area (Å²) < 4.78 is 14.9. The summed E-state index contributed by atoms with van der Waals surface area (Å²) in [5.41, 5.74) is 1.79. The molecule has 6 nitrogen and oxygen atoms in total. The van der Waals surface area contributed by atoms with E-state index in [9.17, 15) is 9.18 Å². The highest BCUT2D eigenvalue weighted by Gasteiger charge is 2.19. The highest BCUT2D eigenvalue weighted by Crippen LogP contribution is 2.30. The normalized spacial score (nSPS) is 10.8. The van der Waals surface area contributed by atoms with Gasteiger partial charge in [0.05, 0.1) is 11.1 Å². The number of aromatic nitrogens is 3. The molecule has 0 aliphatic carbocycles. The van der Waals surface area contributed by atoms with E-state index in [1.807, 2.05) is 22.6 Å². The van der Waals surface area contributed by atoms with Crippen molar-refractivity contribution in [3.05, 3.63) is 45.3 Å². The minimum Gasteiger partial charge on any atom is -0.370 e. The Bertz CT molecular complexity index is 849. The van der Waals surface area contributed by atoms with Crippen molar-refractivity contribution in [1.29, 1.82) is 0 Å². The predicted octanol–water partition coefficient (Wildman–Crippen LogP) is 2.40. The van der Waals surface area contributed by atoms with Gasteiger partial charge in [-0.3, -0.25) is 5.10 Å². The predicted molar refractivity (Wildman–Crippen MR) is 81.6 cm³/mol. The summed E-state index contributed by atoms with van der Waals surface area (Å²) in [5, 5.41) is 10.1. The lowest BCUT2D eigenvalue weighted by Crippen LogP contribution is -2.11. The van der Waals surface area contributed by atoms with Gasteiger partial charge in [-0.2, -0.15) is 5.90 Å². The second-order valence-corrected chi connectivity index (χ2v) is 5.50. The van der Waals surface area contributed by atoms with Gasteiger partial charge in [0, 0.05) is 14.7 Å². The Morgan fingerprint density at radius 3 is 2.81 bits per heavy atom. The van der Waals surface area contributed by atoms with Crippen LogP contribution in [0.2, 0.25) is 0 Å². The number of halogens is 2. The van der Waals surface area contributed by atoms with Gasteiger partial charge >= 0.3 is 5.97 Å². The topological polar surface area (TPSA) is 93.9 Å². The smallest absolute Gasteiger partial charge is 0.357 e. The quantitative estimate of drug-likeness (QED) is 0.511. The molecule has 0 spiro atoms. The summed E-state index contributed by atoms with van der Waals surface area (Å²) >= 11 is 2.01. The van der Waals surface area contributed by atoms with E-state index < -0.39 is 11.8 Å². The van der Waals surface area contributed by atoms with Crippen molar-refractivity contribution in [2.45, 2.75) is 0 Å². The molecule has 8 heteroatoms. The summed E-state index contributed by atoms with van der Waals surface area (Å²) in [7, 11) is 0. The molecule has 106 valence electrons. The van der Waals surface area contributed by atoms with E-state index in [2.05, 4.69) is 20.2 Å². The molecule has 21 heavy (non-hydrogen) atoms. The number of nitrogens with two attached hydrogens (primary N) is 1. The molecule has 0 aliphatic rings. The number of nitrogens with zero attached hydrogens (tertiary/aromatic N) is 2. The molecule has 0 unspecified atom stereocenters. The highest BCUT2D eigenvalue weighted by atomic mass is 127. The fraction of sp³-hybridized carbons (Fsp3) is 0. The van der Waals surface area contributed by atoms with Gasteiger partial charge in [0.25, 0.3) is 0 Å². The molecule has 0 saturated carbocycles. The number of carbonyl (C=O) groups is 1. The van der Waals surface area contributed by atoms with Crippen LogP contribution in [0.25, 0.3) is 22.2 Å². The molecule has 0 saturated heterocycles. The number of hydrogen-bond acceptors (Lipinski definition) is 5. The largest absolute Gasteiger partial charge is 0.370 e. The van der Waals surface area contributed by atoms with Gasteiger partial charge in [-0.05, 0) is 46.9 Å². The zero-order valence-corrected chi connectivity index (χ0v) is 12.6. The molecule has 0 amide bonds. The Morgan fingerprint density at radius 1 is 1.29 bits per heavy atom. The molecule has 3 N–H and O–H groups in total. The molecule has 3 rings (SSSR count). The SMILES string of the molecule is NOC(=O)c1cc2[nH]nnc2cc1-c1ccc(I)cc1F. The number of rotatable bonds is 2. The van der Waals surface area contributed by atoms with Crippen molar-refractivity contribution in [1.82, 2.24) is 15.4 Å². The van der Waals surface area contributed by atoms with Crippen LogP contribution in [0, 0.1) is 9.39 Å². The number of hydrogen-bond donors (Lipinski definition) is 2. The number of benzene rings is 2. The van der Waals surface area contributed by atoms with E-state index in [1.165, 1.54) is 12.1 Å². The van der Waals surface area contributed by atoms with Crippen LogP contribution in [-0.2, 0) is 4.84 Å². The zero-order chi connectivity index (χ0) is 15.0. The van der Waals surface area contributed by atoms with Crippen molar-refractivity contribution in [2.75, 3.05) is 0 Å². The van der Waals surface area contributed by atoms with E-state index in [4.69, 9.17) is 5.90 Å². The average Bonchev–Trinajstić information content (AvgIpc) is 2.92. The van der Waals surface area contributed by atoms with Crippen LogP contribution in [0.4, 0.5) is 4.39 Å². The first-order valence-corrected chi connectivity index (χ1v) is 6.89. The van der Waals surface area contributed by atoms with E-state index >= 15 is 0 Å². The molecule has 0 fully saturated rings. The lowest BCUT2D eigenvalue weighted by molar-refractivity contribution is 0.0504. The molecule has 1 aromatic heterocycles. The van der Waals surface area contributed by atoms with Crippen molar-refractivity contribution in [2.24, 2.45) is 5.90 Å². The van der Waals surface area contributed by atoms with Gasteiger partial charge in [-0.1, -0.05) is 11.3 Å². The minimum atomic E-state index is -0.764. The molecule has 2 aromatic carbocycles. The van der Waals surface area contributed by atoms with Crippen LogP contribution in [0.15, 0.2) is 30.3 Å². The van der Waals surface area contributed by atoms with E-state index in [0.717, 1.165) is 3.57 Å². The molecule has 0 atom stereocenters. The second-order valence-electron chi connectivity index (χ2n) is 4.26. The second kappa shape index (κ2) is 5.37. The molecule has 0 bridgehead atoms. The third kappa shape index (κ3) is 2.47. The van der Waals surface area contributed by atoms with Gasteiger partial charge in [0.1, 0.15) is 11.3 Å². The molecule has 3 aromatic rings. The molecular weight excluding hydrogens is 390 g/mol. The maximum absolute atomic E-state index is 14.2. The Hall–Kier alpha value is -2.07. The Labute approximate surface area is 131 Å². The van der Waals surface area contributed by atoms with E-state index in [0.29, 0.717) is 16.6 Å². The fourth-order valence-electron chi connectivity index (χ4n) is 2.06. The van der Waals surface area contributed by atoms with Gasteiger partial charge in [0.15, 0.2) is 0 Å². The van der Waals surface area contributed by atoms with Crippen molar-refractivity contribution >= 4 is 39.6 Å². The van der Waals surface area contributed by atoms with Gasteiger partial charge in [-0.25, -0.2) is 9.18 Å². The van der Waals surface area contributed by atoms with Gasteiger partial charge in [-0.15, -0.1) is 5.10 Å². The standard InChI is InChI=1S/C13H8FIN4O2/c14-10-3-6(15)1-2-7(10)8-4-11-12(18-19-17-11)5-9(8)13(20)21-16/h1-5H,16H2,(H,17,18,19). The lowest BCUT2D eigenvalue weighted by Gasteiger charge is -2.09. The Morgan fingerprint density at radius 2 is 2.10 bits per heavy atom. The highest BCUT2D eigenvalue weighted by molar-refractivity contribution is 14.1. The summed E-state index contributed by atoms with van der Waals surface area (Å²) in [6.07, 6.45) is 0. The Balaban J connectivity index is 2.30.